The largest absolute Gasteiger partial charge is 0.449 e. The fourth-order valence-electron chi connectivity index (χ4n) is 6.86. The molecule has 1 spiro atoms. The Labute approximate surface area is 303 Å². The standard InChI is InChI=1S/C36H52N6O10/c1-4-11-25(30(44)33(47)38-19-27(43)40-28(31(37)45)23-12-7-5-8-13-23)39-32(46)26-18-36(51-16-17-52-36)21-42(26)34(48)29(24-14-9-6-10-15-24)41-35(49)50-20-22(2)3/h5,7-8,12-13,22,24-26,28-29H,4,6,9-11,14-21H2,1-3H3,(H2,37,45)(H,38,47)(H,39,46)(H,40,43)(H,41,49)/t25?,26-,28?,29-/m0/s1. The average molecular weight is 729 g/mol. The number of ketones is 1. The third-order valence-corrected chi connectivity index (χ3v) is 9.47. The van der Waals surface area contributed by atoms with Gasteiger partial charge in [0.15, 0.2) is 5.79 Å². The van der Waals surface area contributed by atoms with Crippen molar-refractivity contribution in [1.82, 2.24) is 26.2 Å². The minimum absolute atomic E-state index is 0.0262. The molecule has 4 rings (SSSR count). The first-order valence-electron chi connectivity index (χ1n) is 18.1. The zero-order chi connectivity index (χ0) is 37.8. The molecule has 1 saturated carbocycles. The maximum Gasteiger partial charge on any atom is 0.407 e. The lowest BCUT2D eigenvalue weighted by molar-refractivity contribution is -0.154. The van der Waals surface area contributed by atoms with Crippen molar-refractivity contribution in [2.24, 2.45) is 17.6 Å². The number of carbonyl (C=O) groups is 7. The molecule has 0 aromatic heterocycles. The molecule has 2 aliphatic heterocycles. The molecule has 16 nitrogen and oxygen atoms in total. The maximum absolute atomic E-state index is 14.4. The van der Waals surface area contributed by atoms with Crippen molar-refractivity contribution in [2.45, 2.75) is 102 Å². The average Bonchev–Trinajstić information content (AvgIpc) is 3.77. The normalized spacial score (nSPS) is 20.1. The highest BCUT2D eigenvalue weighted by molar-refractivity contribution is 6.38. The van der Waals surface area contributed by atoms with Crippen LogP contribution in [0.25, 0.3) is 0 Å². The van der Waals surface area contributed by atoms with E-state index in [4.69, 9.17) is 19.9 Å². The van der Waals surface area contributed by atoms with Crippen LogP contribution in [0.2, 0.25) is 0 Å². The summed E-state index contributed by atoms with van der Waals surface area (Å²) in [5, 5.41) is 10.1. The van der Waals surface area contributed by atoms with Crippen molar-refractivity contribution in [2.75, 3.05) is 32.9 Å². The van der Waals surface area contributed by atoms with Gasteiger partial charge in [-0.05, 0) is 36.7 Å². The number of amides is 6. The molecular formula is C36H52N6O10. The Bertz CT molecular complexity index is 1440. The first-order valence-corrected chi connectivity index (χ1v) is 18.1. The zero-order valence-electron chi connectivity index (χ0n) is 30.2. The number of alkyl carbamates (subject to hydrolysis) is 1. The van der Waals surface area contributed by atoms with Crippen molar-refractivity contribution in [3.8, 4) is 0 Å². The highest BCUT2D eigenvalue weighted by Gasteiger charge is 2.54. The van der Waals surface area contributed by atoms with E-state index in [-0.39, 0.29) is 51.0 Å². The van der Waals surface area contributed by atoms with Gasteiger partial charge in [-0.15, -0.1) is 0 Å². The molecule has 0 radical (unpaired) electrons. The molecule has 6 amide bonds. The number of ether oxygens (including phenoxy) is 3. The van der Waals surface area contributed by atoms with E-state index in [1.807, 2.05) is 13.8 Å². The van der Waals surface area contributed by atoms with Gasteiger partial charge in [0.2, 0.25) is 29.4 Å². The summed E-state index contributed by atoms with van der Waals surface area (Å²) in [6.07, 6.45) is 3.97. The molecule has 6 N–H and O–H groups in total. The number of hydrogen-bond donors (Lipinski definition) is 5. The molecule has 2 unspecified atom stereocenters. The number of hydrogen-bond acceptors (Lipinski definition) is 10. The van der Waals surface area contributed by atoms with Gasteiger partial charge in [0.1, 0.15) is 18.1 Å². The summed E-state index contributed by atoms with van der Waals surface area (Å²) in [6, 6.07) is 3.75. The lowest BCUT2D eigenvalue weighted by atomic mass is 9.83. The Balaban J connectivity index is 1.45. The van der Waals surface area contributed by atoms with Gasteiger partial charge < -0.3 is 46.1 Å². The predicted octanol–water partition coefficient (Wildman–Crippen LogP) is 0.975. The fraction of sp³-hybridized carbons (Fsp3) is 0.639. The predicted molar refractivity (Wildman–Crippen MR) is 186 cm³/mol. The molecule has 1 aliphatic carbocycles. The van der Waals surface area contributed by atoms with Crippen LogP contribution in [0, 0.1) is 11.8 Å². The van der Waals surface area contributed by atoms with Crippen molar-refractivity contribution in [3.05, 3.63) is 35.9 Å². The van der Waals surface area contributed by atoms with Gasteiger partial charge in [0, 0.05) is 6.42 Å². The topological polar surface area (TPSA) is 225 Å². The van der Waals surface area contributed by atoms with Gasteiger partial charge in [-0.3, -0.25) is 28.8 Å². The van der Waals surface area contributed by atoms with Gasteiger partial charge in [0.05, 0.1) is 39.0 Å². The third-order valence-electron chi connectivity index (χ3n) is 9.47. The Morgan fingerprint density at radius 2 is 1.63 bits per heavy atom. The van der Waals surface area contributed by atoms with Crippen LogP contribution in [-0.4, -0.2) is 103 Å². The van der Waals surface area contributed by atoms with E-state index in [0.717, 1.165) is 19.3 Å². The number of carbonyl (C=O) groups excluding carboxylic acids is 7. The van der Waals surface area contributed by atoms with Gasteiger partial charge in [0.25, 0.3) is 5.91 Å². The second kappa shape index (κ2) is 18.8. The molecule has 3 aliphatic rings. The number of Topliss-reactive ketones (excluding diaryl/α,β-unsaturated/α-hetero) is 1. The molecule has 1 aromatic carbocycles. The van der Waals surface area contributed by atoms with E-state index in [1.54, 1.807) is 37.3 Å². The van der Waals surface area contributed by atoms with Gasteiger partial charge in [-0.25, -0.2) is 4.79 Å². The maximum atomic E-state index is 14.4. The monoisotopic (exact) mass is 728 g/mol. The Kier molecular flexibility index (Phi) is 14.5. The summed E-state index contributed by atoms with van der Waals surface area (Å²) in [4.78, 5) is 93.4. The van der Waals surface area contributed by atoms with Crippen LogP contribution in [0.1, 0.15) is 83.7 Å². The number of primary amides is 1. The van der Waals surface area contributed by atoms with E-state index in [1.165, 1.54) is 4.90 Å². The molecule has 2 heterocycles. The second-order valence-electron chi connectivity index (χ2n) is 14.0. The summed E-state index contributed by atoms with van der Waals surface area (Å²) in [5.41, 5.74) is 5.90. The molecule has 16 heteroatoms. The molecule has 1 aromatic rings. The van der Waals surface area contributed by atoms with Gasteiger partial charge >= 0.3 is 6.09 Å². The quantitative estimate of drug-likeness (QED) is 0.152. The summed E-state index contributed by atoms with van der Waals surface area (Å²) in [6.45, 7) is 5.55. The first kappa shape index (κ1) is 40.2. The van der Waals surface area contributed by atoms with Gasteiger partial charge in [-0.2, -0.15) is 0 Å². The summed E-state index contributed by atoms with van der Waals surface area (Å²) < 4.78 is 17.1. The number of rotatable bonds is 16. The number of benzene rings is 1. The molecular weight excluding hydrogens is 676 g/mol. The minimum atomic E-state index is -1.28. The Hall–Kier alpha value is -4.57. The van der Waals surface area contributed by atoms with Gasteiger partial charge in [-0.1, -0.05) is 76.8 Å². The van der Waals surface area contributed by atoms with E-state index >= 15 is 0 Å². The molecule has 4 atom stereocenters. The minimum Gasteiger partial charge on any atom is -0.449 e. The van der Waals surface area contributed by atoms with Crippen molar-refractivity contribution in [1.29, 1.82) is 0 Å². The van der Waals surface area contributed by atoms with E-state index < -0.39 is 77.9 Å². The number of nitrogens with one attached hydrogen (secondary N) is 4. The third kappa shape index (κ3) is 10.7. The van der Waals surface area contributed by atoms with E-state index in [2.05, 4.69) is 21.3 Å². The zero-order valence-corrected chi connectivity index (χ0v) is 30.2. The van der Waals surface area contributed by atoms with Crippen LogP contribution in [0.4, 0.5) is 4.79 Å². The summed E-state index contributed by atoms with van der Waals surface area (Å²) in [7, 11) is 0. The smallest absolute Gasteiger partial charge is 0.407 e. The highest BCUT2D eigenvalue weighted by Crippen LogP contribution is 2.37. The second-order valence-corrected chi connectivity index (χ2v) is 14.0. The molecule has 2 saturated heterocycles. The lowest BCUT2D eigenvalue weighted by Gasteiger charge is -2.34. The van der Waals surface area contributed by atoms with Crippen LogP contribution < -0.4 is 27.0 Å². The van der Waals surface area contributed by atoms with Crippen LogP contribution in [-0.2, 0) is 43.0 Å². The molecule has 52 heavy (non-hydrogen) atoms. The summed E-state index contributed by atoms with van der Waals surface area (Å²) >= 11 is 0. The lowest BCUT2D eigenvalue weighted by Crippen LogP contribution is -2.58. The van der Waals surface area contributed by atoms with Crippen LogP contribution in [0.15, 0.2) is 30.3 Å². The number of nitrogens with zero attached hydrogens (tertiary/aromatic N) is 1. The van der Waals surface area contributed by atoms with Crippen molar-refractivity contribution in [3.63, 3.8) is 0 Å². The van der Waals surface area contributed by atoms with Crippen LogP contribution >= 0.6 is 0 Å². The fourth-order valence-corrected chi connectivity index (χ4v) is 6.86. The van der Waals surface area contributed by atoms with E-state index in [9.17, 15) is 33.6 Å². The SMILES string of the molecule is CCCC(NC(=O)[C@@H]1CC2(CN1C(=O)[C@@H](NC(=O)OCC(C)C)C1CCCCC1)OCCO2)C(=O)C(=O)NCC(=O)NC(C(N)=O)c1ccccc1. The summed E-state index contributed by atoms with van der Waals surface area (Å²) in [5.74, 6) is -6.21. The van der Waals surface area contributed by atoms with Crippen LogP contribution in [0.3, 0.4) is 0 Å². The van der Waals surface area contributed by atoms with Crippen LogP contribution in [0.5, 0.6) is 0 Å². The number of nitrogens with two attached hydrogens (primary N) is 1. The first-order chi connectivity index (χ1) is 24.8. The molecule has 286 valence electrons. The Morgan fingerprint density at radius 3 is 2.25 bits per heavy atom. The van der Waals surface area contributed by atoms with Crippen molar-refractivity contribution >= 4 is 41.4 Å². The number of likely N-dealkylation sites (tertiary alicyclic amines) is 1. The van der Waals surface area contributed by atoms with Crippen molar-refractivity contribution < 1.29 is 47.8 Å². The highest BCUT2D eigenvalue weighted by atomic mass is 16.7. The molecule has 0 bridgehead atoms. The molecule has 3 fully saturated rings. The van der Waals surface area contributed by atoms with E-state index in [0.29, 0.717) is 24.8 Å². The Morgan fingerprint density at radius 1 is 0.962 bits per heavy atom.